The molecular weight excluding hydrogens is 402 g/mol. The molecule has 0 radical (unpaired) electrons. The highest BCUT2D eigenvalue weighted by Gasteiger charge is 2.49. The summed E-state index contributed by atoms with van der Waals surface area (Å²) in [4.78, 5) is 0. The summed E-state index contributed by atoms with van der Waals surface area (Å²) < 4.78 is 146. The summed E-state index contributed by atoms with van der Waals surface area (Å²) in [6.45, 7) is 0. The highest BCUT2D eigenvalue weighted by molar-refractivity contribution is 5.40. The summed E-state index contributed by atoms with van der Waals surface area (Å²) in [5.74, 6) is -29.9. The van der Waals surface area contributed by atoms with Gasteiger partial charge in [0.1, 0.15) is 0 Å². The number of hydrogen-bond donors (Lipinski definition) is 0. The van der Waals surface area contributed by atoms with Gasteiger partial charge in [0.2, 0.25) is 17.4 Å². The molecule has 0 aliphatic heterocycles. The Hall–Kier alpha value is -2.34. The second kappa shape index (κ2) is 7.00. The Bertz CT molecular complexity index is 794. The standard InChI is InChI=1S/C15H6F10O2/c1-26-15(27-2,3-5(16)9(20)13(24)10(21)6(3)17)4-7(18)11(22)14(25)12(23)8(4)19/h1-2H3. The van der Waals surface area contributed by atoms with Gasteiger partial charge >= 0.3 is 0 Å². The summed E-state index contributed by atoms with van der Waals surface area (Å²) in [6.07, 6.45) is 0. The molecule has 0 bridgehead atoms. The molecule has 0 amide bonds. The molecule has 0 spiro atoms. The van der Waals surface area contributed by atoms with Gasteiger partial charge in [-0.15, -0.1) is 0 Å². The van der Waals surface area contributed by atoms with Crippen LogP contribution in [0.3, 0.4) is 0 Å². The van der Waals surface area contributed by atoms with Gasteiger partial charge in [-0.25, -0.2) is 43.9 Å². The Morgan fingerprint density at radius 3 is 0.778 bits per heavy atom. The van der Waals surface area contributed by atoms with Crippen molar-refractivity contribution in [2.24, 2.45) is 0 Å². The summed E-state index contributed by atoms with van der Waals surface area (Å²) in [5, 5.41) is 0. The van der Waals surface area contributed by atoms with Crippen LogP contribution in [0.5, 0.6) is 0 Å². The van der Waals surface area contributed by atoms with Crippen LogP contribution in [0.2, 0.25) is 0 Å². The van der Waals surface area contributed by atoms with Crippen molar-refractivity contribution in [1.82, 2.24) is 0 Å². The van der Waals surface area contributed by atoms with Crippen molar-refractivity contribution in [3.05, 3.63) is 69.3 Å². The van der Waals surface area contributed by atoms with Crippen molar-refractivity contribution in [3.63, 3.8) is 0 Å². The monoisotopic (exact) mass is 408 g/mol. The first-order chi connectivity index (χ1) is 12.5. The molecular formula is C15H6F10O2. The molecule has 2 nitrogen and oxygen atoms in total. The molecule has 0 saturated heterocycles. The van der Waals surface area contributed by atoms with E-state index < -0.39 is 75.1 Å². The minimum absolute atomic E-state index is 0.416. The first kappa shape index (κ1) is 21.0. The largest absolute Gasteiger partial charge is 0.345 e. The molecule has 2 aromatic carbocycles. The van der Waals surface area contributed by atoms with E-state index in [0.717, 1.165) is 0 Å². The third kappa shape index (κ3) is 2.74. The van der Waals surface area contributed by atoms with Crippen LogP contribution >= 0.6 is 0 Å². The molecule has 0 aliphatic carbocycles. The smallest absolute Gasteiger partial charge is 0.233 e. The summed E-state index contributed by atoms with van der Waals surface area (Å²) in [6, 6.07) is 0. The third-order valence-electron chi connectivity index (χ3n) is 3.65. The maximum absolute atomic E-state index is 14.1. The molecule has 2 rings (SSSR count). The van der Waals surface area contributed by atoms with Gasteiger partial charge in [0.05, 0.1) is 11.1 Å². The third-order valence-corrected chi connectivity index (χ3v) is 3.65. The van der Waals surface area contributed by atoms with Gasteiger partial charge in [-0.3, -0.25) is 0 Å². The molecule has 0 saturated carbocycles. The highest BCUT2D eigenvalue weighted by atomic mass is 19.2. The second-order valence-electron chi connectivity index (χ2n) is 4.91. The fraction of sp³-hybridized carbons (Fsp3) is 0.200. The van der Waals surface area contributed by atoms with Gasteiger partial charge in [-0.05, 0) is 0 Å². The van der Waals surface area contributed by atoms with Gasteiger partial charge in [0.25, 0.3) is 0 Å². The summed E-state index contributed by atoms with van der Waals surface area (Å²) >= 11 is 0. The zero-order chi connectivity index (χ0) is 20.8. The molecule has 0 N–H and O–H groups in total. The maximum atomic E-state index is 14.1. The maximum Gasteiger partial charge on any atom is 0.233 e. The fourth-order valence-electron chi connectivity index (χ4n) is 2.40. The van der Waals surface area contributed by atoms with Crippen molar-refractivity contribution in [2.75, 3.05) is 14.2 Å². The number of benzene rings is 2. The van der Waals surface area contributed by atoms with E-state index in [2.05, 4.69) is 9.47 Å². The molecule has 148 valence electrons. The van der Waals surface area contributed by atoms with Gasteiger partial charge in [0.15, 0.2) is 46.5 Å². The van der Waals surface area contributed by atoms with Crippen LogP contribution in [0, 0.1) is 58.2 Å². The van der Waals surface area contributed by atoms with Crippen LogP contribution in [0.1, 0.15) is 11.1 Å². The minimum atomic E-state index is -3.72. The van der Waals surface area contributed by atoms with Crippen molar-refractivity contribution in [2.45, 2.75) is 5.79 Å². The van der Waals surface area contributed by atoms with Crippen LogP contribution < -0.4 is 0 Å². The normalized spacial score (nSPS) is 12.0. The Morgan fingerprint density at radius 1 is 0.407 bits per heavy atom. The zero-order valence-corrected chi connectivity index (χ0v) is 13.1. The minimum Gasteiger partial charge on any atom is -0.345 e. The topological polar surface area (TPSA) is 18.5 Å². The molecule has 0 heterocycles. The number of halogens is 10. The van der Waals surface area contributed by atoms with E-state index in [0.29, 0.717) is 14.2 Å². The average molecular weight is 408 g/mol. The van der Waals surface area contributed by atoms with Crippen LogP contribution in [0.15, 0.2) is 0 Å². The predicted octanol–water partition coefficient (Wildman–Crippen LogP) is 4.57. The second-order valence-corrected chi connectivity index (χ2v) is 4.91. The number of ether oxygens (including phenoxy) is 2. The van der Waals surface area contributed by atoms with Gasteiger partial charge in [-0.2, -0.15) is 0 Å². The van der Waals surface area contributed by atoms with Crippen molar-refractivity contribution in [1.29, 1.82) is 0 Å². The molecule has 0 atom stereocenters. The highest BCUT2D eigenvalue weighted by Crippen LogP contribution is 2.43. The van der Waals surface area contributed by atoms with Gasteiger partial charge in [-0.1, -0.05) is 0 Å². The first-order valence-corrected chi connectivity index (χ1v) is 6.61. The molecule has 0 unspecified atom stereocenters. The molecule has 12 heteroatoms. The summed E-state index contributed by atoms with van der Waals surface area (Å²) in [5.41, 5.74) is -4.24. The van der Waals surface area contributed by atoms with Crippen LogP contribution in [0.4, 0.5) is 43.9 Å². The molecule has 0 fully saturated rings. The predicted molar refractivity (Wildman–Crippen MR) is 67.3 cm³/mol. The van der Waals surface area contributed by atoms with Crippen LogP contribution in [-0.2, 0) is 15.3 Å². The fourth-order valence-corrected chi connectivity index (χ4v) is 2.40. The van der Waals surface area contributed by atoms with E-state index >= 15 is 0 Å². The molecule has 0 aromatic heterocycles. The quantitative estimate of drug-likeness (QED) is 0.320. The van der Waals surface area contributed by atoms with Crippen molar-refractivity contribution < 1.29 is 53.4 Å². The van der Waals surface area contributed by atoms with Gasteiger partial charge < -0.3 is 9.47 Å². The van der Waals surface area contributed by atoms with E-state index in [9.17, 15) is 43.9 Å². The number of methoxy groups -OCH3 is 2. The first-order valence-electron chi connectivity index (χ1n) is 6.61. The molecule has 2 aromatic rings. The average Bonchev–Trinajstić information content (AvgIpc) is 2.66. The SMILES string of the molecule is COC(OC)(c1c(F)c(F)c(F)c(F)c1F)c1c(F)c(F)c(F)c(F)c1F. The van der Waals surface area contributed by atoms with E-state index in [-0.39, 0.29) is 0 Å². The lowest BCUT2D eigenvalue weighted by Crippen LogP contribution is -2.38. The van der Waals surface area contributed by atoms with Crippen LogP contribution in [0.25, 0.3) is 0 Å². The van der Waals surface area contributed by atoms with Gasteiger partial charge in [0, 0.05) is 14.2 Å². The Labute approximate surface area is 143 Å². The van der Waals surface area contributed by atoms with E-state index in [1.807, 2.05) is 0 Å². The lowest BCUT2D eigenvalue weighted by molar-refractivity contribution is -0.191. The molecule has 0 aliphatic rings. The lowest BCUT2D eigenvalue weighted by Gasteiger charge is -2.33. The van der Waals surface area contributed by atoms with Crippen molar-refractivity contribution >= 4 is 0 Å². The Kier molecular flexibility index (Phi) is 5.44. The lowest BCUT2D eigenvalue weighted by atomic mass is 9.93. The number of rotatable bonds is 4. The van der Waals surface area contributed by atoms with E-state index in [4.69, 9.17) is 0 Å². The summed E-state index contributed by atoms with van der Waals surface area (Å²) in [7, 11) is 0.833. The van der Waals surface area contributed by atoms with Crippen LogP contribution in [-0.4, -0.2) is 14.2 Å². The number of hydrogen-bond acceptors (Lipinski definition) is 2. The molecule has 27 heavy (non-hydrogen) atoms. The van der Waals surface area contributed by atoms with E-state index in [1.54, 1.807) is 0 Å². The van der Waals surface area contributed by atoms with Crippen molar-refractivity contribution in [3.8, 4) is 0 Å². The Morgan fingerprint density at radius 2 is 0.593 bits per heavy atom. The Balaban J connectivity index is 3.09. The van der Waals surface area contributed by atoms with E-state index in [1.165, 1.54) is 0 Å². The zero-order valence-electron chi connectivity index (χ0n) is 13.1.